The maximum atomic E-state index is 9.75. The van der Waals surface area contributed by atoms with Crippen LogP contribution in [-0.4, -0.2) is 32.2 Å². The molecule has 170 valence electrons. The van der Waals surface area contributed by atoms with Crippen molar-refractivity contribution in [2.75, 3.05) is 7.11 Å². The first-order valence-corrected chi connectivity index (χ1v) is 11.1. The lowest BCUT2D eigenvalue weighted by atomic mass is 10.1. The second-order valence-corrected chi connectivity index (χ2v) is 7.71. The van der Waals surface area contributed by atoms with E-state index in [1.165, 1.54) is 6.33 Å². The molecule has 0 spiro atoms. The van der Waals surface area contributed by atoms with Gasteiger partial charge in [-0.2, -0.15) is 0 Å². The normalized spacial score (nSPS) is 10.5. The molecule has 0 saturated carbocycles. The minimum atomic E-state index is 0.182. The summed E-state index contributed by atoms with van der Waals surface area (Å²) in [6.07, 6.45) is 3.05. The molecule has 0 atom stereocenters. The number of aromatic hydroxyl groups is 1. The molecule has 6 nitrogen and oxygen atoms in total. The van der Waals surface area contributed by atoms with Crippen LogP contribution in [0.3, 0.4) is 0 Å². The molecule has 0 unspecified atom stereocenters. The third-order valence-corrected chi connectivity index (χ3v) is 5.59. The molecule has 2 heterocycles. The van der Waals surface area contributed by atoms with Gasteiger partial charge in [-0.3, -0.25) is 0 Å². The van der Waals surface area contributed by atoms with Gasteiger partial charge in [-0.05, 0) is 12.1 Å². The van der Waals surface area contributed by atoms with Crippen molar-refractivity contribution in [2.45, 2.75) is 0 Å². The first-order chi connectivity index (χ1) is 17.3. The molecule has 0 radical (unpaired) electrons. The van der Waals surface area contributed by atoms with E-state index in [4.69, 9.17) is 4.74 Å². The Kier molecular flexibility index (Phi) is 6.26. The van der Waals surface area contributed by atoms with Crippen LogP contribution >= 0.6 is 0 Å². The van der Waals surface area contributed by atoms with E-state index < -0.39 is 0 Å². The maximum absolute atomic E-state index is 9.75. The quantitative estimate of drug-likeness (QED) is 0.335. The molecule has 0 aliphatic carbocycles. The monoisotopic (exact) mass is 458 g/mol. The highest BCUT2D eigenvalue weighted by Gasteiger charge is 2.09. The predicted octanol–water partition coefficient (Wildman–Crippen LogP) is 6.31. The van der Waals surface area contributed by atoms with Gasteiger partial charge in [0, 0.05) is 21.9 Å². The number of hydrogen-bond acceptors (Lipinski definition) is 6. The minimum absolute atomic E-state index is 0.182. The summed E-state index contributed by atoms with van der Waals surface area (Å²) in [4.78, 5) is 17.1. The van der Waals surface area contributed by atoms with Crippen molar-refractivity contribution < 1.29 is 9.84 Å². The molecule has 6 heteroatoms. The van der Waals surface area contributed by atoms with E-state index in [-0.39, 0.29) is 5.75 Å². The van der Waals surface area contributed by atoms with Crippen molar-refractivity contribution in [3.63, 3.8) is 0 Å². The van der Waals surface area contributed by atoms with Gasteiger partial charge in [-0.15, -0.1) is 0 Å². The molecule has 0 fully saturated rings. The Morgan fingerprint density at radius 2 is 1.06 bits per heavy atom. The van der Waals surface area contributed by atoms with Gasteiger partial charge in [0.25, 0.3) is 0 Å². The number of phenolic OH excluding ortho intramolecular Hbond substituents is 1. The summed E-state index contributed by atoms with van der Waals surface area (Å²) < 4.78 is 5.33. The number of hydrogen-bond donors (Lipinski definition) is 1. The highest BCUT2D eigenvalue weighted by atomic mass is 16.5. The molecule has 0 aliphatic rings. The first kappa shape index (κ1) is 22.0. The highest BCUT2D eigenvalue weighted by Crippen LogP contribution is 2.30. The molecule has 0 bridgehead atoms. The van der Waals surface area contributed by atoms with E-state index in [0.717, 1.165) is 44.6 Å². The number of ether oxygens (including phenoxy) is 1. The molecule has 6 aromatic rings. The number of fused-ring (bicyclic) bond motifs is 2. The number of phenols is 1. The van der Waals surface area contributed by atoms with Crippen LogP contribution in [0.4, 0.5) is 0 Å². The second-order valence-electron chi connectivity index (χ2n) is 7.71. The van der Waals surface area contributed by atoms with Crippen molar-refractivity contribution >= 4 is 21.8 Å². The van der Waals surface area contributed by atoms with E-state index in [9.17, 15) is 5.11 Å². The number of para-hydroxylation sites is 2. The zero-order valence-corrected chi connectivity index (χ0v) is 19.0. The van der Waals surface area contributed by atoms with Crippen molar-refractivity contribution in [3.05, 3.63) is 110 Å². The summed E-state index contributed by atoms with van der Waals surface area (Å²) in [5.74, 6) is 0.953. The van der Waals surface area contributed by atoms with Gasteiger partial charge in [0.15, 0.2) is 0 Å². The van der Waals surface area contributed by atoms with Crippen LogP contribution in [0.25, 0.3) is 44.3 Å². The van der Waals surface area contributed by atoms with Crippen LogP contribution in [0.5, 0.6) is 11.5 Å². The van der Waals surface area contributed by atoms with Gasteiger partial charge in [0.05, 0.1) is 18.5 Å². The molecule has 0 saturated heterocycles. The van der Waals surface area contributed by atoms with Crippen molar-refractivity contribution in [1.29, 1.82) is 0 Å². The van der Waals surface area contributed by atoms with E-state index in [0.29, 0.717) is 5.52 Å². The Morgan fingerprint density at radius 1 is 0.543 bits per heavy atom. The lowest BCUT2D eigenvalue weighted by Gasteiger charge is -2.07. The zero-order valence-electron chi connectivity index (χ0n) is 19.0. The van der Waals surface area contributed by atoms with E-state index >= 15 is 0 Å². The molecule has 0 amide bonds. The Morgan fingerprint density at radius 3 is 1.63 bits per heavy atom. The second kappa shape index (κ2) is 9.97. The standard InChI is InChI=1S/C15H12N2O.C14H10N2O/c1-18-13-9-5-8-12-14(16-10-17-15(12)13)11-6-3-2-4-7-11;17-12-8-4-7-11-13(15-9-16-14(11)12)10-5-2-1-3-6-10/h2-10H,1H3;1-9,17H. The molecule has 4 aromatic carbocycles. The third-order valence-electron chi connectivity index (χ3n) is 5.59. The van der Waals surface area contributed by atoms with Gasteiger partial charge in [-0.25, -0.2) is 19.9 Å². The van der Waals surface area contributed by atoms with Crippen molar-refractivity contribution in [2.24, 2.45) is 0 Å². The molecular weight excluding hydrogens is 436 g/mol. The fourth-order valence-electron chi connectivity index (χ4n) is 3.95. The van der Waals surface area contributed by atoms with Gasteiger partial charge in [0.1, 0.15) is 35.2 Å². The smallest absolute Gasteiger partial charge is 0.145 e. The molecule has 35 heavy (non-hydrogen) atoms. The van der Waals surface area contributed by atoms with Crippen LogP contribution in [0.15, 0.2) is 110 Å². The third kappa shape index (κ3) is 4.50. The molecule has 0 aliphatic heterocycles. The summed E-state index contributed by atoms with van der Waals surface area (Å²) in [5.41, 5.74) is 5.30. The van der Waals surface area contributed by atoms with Gasteiger partial charge < -0.3 is 9.84 Å². The fraction of sp³-hybridized carbons (Fsp3) is 0.0345. The van der Waals surface area contributed by atoms with E-state index in [1.807, 2.05) is 84.9 Å². The topological polar surface area (TPSA) is 81.0 Å². The lowest BCUT2D eigenvalue weighted by Crippen LogP contribution is -1.92. The number of rotatable bonds is 3. The summed E-state index contributed by atoms with van der Waals surface area (Å²) in [6.45, 7) is 0. The fourth-order valence-corrected chi connectivity index (χ4v) is 3.95. The number of methoxy groups -OCH3 is 1. The Balaban J connectivity index is 0.000000145. The SMILES string of the molecule is COc1cccc2c(-c3ccccc3)ncnc12.Oc1cccc2c(-c3ccccc3)ncnc12. The number of benzene rings is 4. The van der Waals surface area contributed by atoms with E-state index in [1.54, 1.807) is 25.6 Å². The average Bonchev–Trinajstić information content (AvgIpc) is 2.94. The van der Waals surface area contributed by atoms with Crippen LogP contribution in [0.1, 0.15) is 0 Å². The lowest BCUT2D eigenvalue weighted by molar-refractivity contribution is 0.419. The molecule has 6 rings (SSSR count). The van der Waals surface area contributed by atoms with Crippen molar-refractivity contribution in [1.82, 2.24) is 19.9 Å². The zero-order chi connectivity index (χ0) is 24.0. The van der Waals surface area contributed by atoms with Crippen LogP contribution in [-0.2, 0) is 0 Å². The summed E-state index contributed by atoms with van der Waals surface area (Å²) in [5, 5.41) is 11.6. The number of nitrogens with zero attached hydrogens (tertiary/aromatic N) is 4. The molecule has 2 aromatic heterocycles. The van der Waals surface area contributed by atoms with Crippen LogP contribution in [0.2, 0.25) is 0 Å². The highest BCUT2D eigenvalue weighted by molar-refractivity contribution is 5.96. The summed E-state index contributed by atoms with van der Waals surface area (Å²) in [6, 6.07) is 31.2. The van der Waals surface area contributed by atoms with Gasteiger partial charge >= 0.3 is 0 Å². The first-order valence-electron chi connectivity index (χ1n) is 11.1. The largest absolute Gasteiger partial charge is 0.506 e. The Bertz CT molecular complexity index is 1590. The van der Waals surface area contributed by atoms with Gasteiger partial charge in [-0.1, -0.05) is 84.9 Å². The molecule has 1 N–H and O–H groups in total. The van der Waals surface area contributed by atoms with Crippen LogP contribution < -0.4 is 4.74 Å². The number of aromatic nitrogens is 4. The average molecular weight is 459 g/mol. The summed E-state index contributed by atoms with van der Waals surface area (Å²) >= 11 is 0. The van der Waals surface area contributed by atoms with Gasteiger partial charge in [0.2, 0.25) is 0 Å². The van der Waals surface area contributed by atoms with Crippen LogP contribution in [0, 0.1) is 0 Å². The van der Waals surface area contributed by atoms with E-state index in [2.05, 4.69) is 19.9 Å². The van der Waals surface area contributed by atoms with Crippen molar-refractivity contribution in [3.8, 4) is 34.0 Å². The summed E-state index contributed by atoms with van der Waals surface area (Å²) in [7, 11) is 1.65. The Labute approximate surface area is 202 Å². The molecular formula is C29H22N4O2. The maximum Gasteiger partial charge on any atom is 0.145 e. The Hall–Kier alpha value is -4.84. The minimum Gasteiger partial charge on any atom is -0.506 e. The predicted molar refractivity (Wildman–Crippen MR) is 138 cm³/mol.